The van der Waals surface area contributed by atoms with Crippen LogP contribution in [0.15, 0.2) is 42.0 Å². The van der Waals surface area contributed by atoms with Crippen molar-refractivity contribution in [1.29, 1.82) is 0 Å². The van der Waals surface area contributed by atoms with E-state index in [4.69, 9.17) is 14.2 Å². The van der Waals surface area contributed by atoms with E-state index in [1.54, 1.807) is 0 Å². The number of ether oxygens (including phenoxy) is 3. The van der Waals surface area contributed by atoms with Gasteiger partial charge in [0.2, 0.25) is 0 Å². The van der Waals surface area contributed by atoms with E-state index in [2.05, 4.69) is 25.1 Å². The van der Waals surface area contributed by atoms with Crippen molar-refractivity contribution in [2.45, 2.75) is 51.9 Å². The van der Waals surface area contributed by atoms with Crippen molar-refractivity contribution in [3.8, 4) is 0 Å². The maximum atomic E-state index is 10.8. The fraction of sp³-hybridized carbons (Fsp3) is 0.526. The molecule has 2 rings (SSSR count). The van der Waals surface area contributed by atoms with Crippen LogP contribution in [-0.2, 0) is 25.6 Å². The first-order valence-electron chi connectivity index (χ1n) is 8.08. The number of esters is 1. The summed E-state index contributed by atoms with van der Waals surface area (Å²) < 4.78 is 16.3. The maximum absolute atomic E-state index is 10.8. The van der Waals surface area contributed by atoms with Crippen molar-refractivity contribution in [2.24, 2.45) is 0 Å². The Balaban J connectivity index is 1.60. The zero-order chi connectivity index (χ0) is 16.7. The number of epoxide rings is 1. The summed E-state index contributed by atoms with van der Waals surface area (Å²) >= 11 is 0. The van der Waals surface area contributed by atoms with Gasteiger partial charge in [0, 0.05) is 6.92 Å². The first-order valence-corrected chi connectivity index (χ1v) is 8.08. The summed E-state index contributed by atoms with van der Waals surface area (Å²) in [6.45, 7) is 7.12. The quantitative estimate of drug-likeness (QED) is 0.302. The average Bonchev–Trinajstić information content (AvgIpc) is 3.20. The number of allylic oxidation sites excluding steroid dienone is 1. The second-order valence-electron chi connectivity index (χ2n) is 6.29. The second kappa shape index (κ2) is 8.27. The molecule has 0 radical (unpaired) electrons. The van der Waals surface area contributed by atoms with Crippen LogP contribution in [0.4, 0.5) is 0 Å². The predicted octanol–water partition coefficient (Wildman–Crippen LogP) is 3.65. The highest BCUT2D eigenvalue weighted by Gasteiger charge is 2.52. The molecule has 1 aliphatic heterocycles. The van der Waals surface area contributed by atoms with Gasteiger partial charge in [0.1, 0.15) is 12.2 Å². The van der Waals surface area contributed by atoms with Crippen molar-refractivity contribution in [2.75, 3.05) is 13.2 Å². The number of rotatable bonds is 9. The Labute approximate surface area is 138 Å². The van der Waals surface area contributed by atoms with E-state index in [-0.39, 0.29) is 17.7 Å². The summed E-state index contributed by atoms with van der Waals surface area (Å²) in [6, 6.07) is 10.2. The highest BCUT2D eigenvalue weighted by atomic mass is 16.6. The molecule has 0 amide bonds. The van der Waals surface area contributed by atoms with Gasteiger partial charge in [-0.25, -0.2) is 0 Å². The zero-order valence-corrected chi connectivity index (χ0v) is 14.2. The van der Waals surface area contributed by atoms with Gasteiger partial charge >= 0.3 is 5.97 Å². The molecule has 0 saturated carbocycles. The van der Waals surface area contributed by atoms with Gasteiger partial charge in [-0.1, -0.05) is 42.0 Å². The highest BCUT2D eigenvalue weighted by Crippen LogP contribution is 2.40. The second-order valence-corrected chi connectivity index (χ2v) is 6.29. The molecule has 2 atom stereocenters. The van der Waals surface area contributed by atoms with Gasteiger partial charge in [0.15, 0.2) is 0 Å². The van der Waals surface area contributed by atoms with Crippen molar-refractivity contribution in [3.05, 3.63) is 47.5 Å². The molecule has 0 bridgehead atoms. The molecule has 1 aliphatic rings. The topological polar surface area (TPSA) is 48.1 Å². The molecule has 0 aliphatic carbocycles. The summed E-state index contributed by atoms with van der Waals surface area (Å²) in [5, 5.41) is 0. The van der Waals surface area contributed by atoms with Crippen LogP contribution in [0.3, 0.4) is 0 Å². The Bertz CT molecular complexity index is 538. The molecule has 4 heteroatoms. The molecule has 23 heavy (non-hydrogen) atoms. The Kier molecular flexibility index (Phi) is 6.37. The largest absolute Gasteiger partial charge is 0.463 e. The smallest absolute Gasteiger partial charge is 0.302 e. The Hall–Kier alpha value is -1.65. The van der Waals surface area contributed by atoms with Gasteiger partial charge in [0.25, 0.3) is 0 Å². The summed E-state index contributed by atoms with van der Waals surface area (Å²) in [7, 11) is 0. The van der Waals surface area contributed by atoms with E-state index in [0.29, 0.717) is 19.8 Å². The minimum Gasteiger partial charge on any atom is -0.463 e. The Morgan fingerprint density at radius 2 is 2.04 bits per heavy atom. The van der Waals surface area contributed by atoms with Crippen LogP contribution in [-0.4, -0.2) is 30.9 Å². The van der Waals surface area contributed by atoms with Crippen LogP contribution in [0.1, 0.15) is 39.2 Å². The molecule has 1 aromatic rings. The molecule has 1 fully saturated rings. The first-order chi connectivity index (χ1) is 11.0. The van der Waals surface area contributed by atoms with Crippen LogP contribution >= 0.6 is 0 Å². The van der Waals surface area contributed by atoms with Crippen molar-refractivity contribution >= 4 is 5.97 Å². The first kappa shape index (κ1) is 17.7. The lowest BCUT2D eigenvalue weighted by Gasteiger charge is -2.06. The minimum atomic E-state index is -0.296. The number of hydrogen-bond donors (Lipinski definition) is 0. The Morgan fingerprint density at radius 1 is 1.30 bits per heavy atom. The molecule has 4 nitrogen and oxygen atoms in total. The van der Waals surface area contributed by atoms with E-state index < -0.39 is 0 Å². The van der Waals surface area contributed by atoms with Crippen LogP contribution < -0.4 is 0 Å². The lowest BCUT2D eigenvalue weighted by Crippen LogP contribution is -2.20. The monoisotopic (exact) mass is 318 g/mol. The fourth-order valence-corrected chi connectivity index (χ4v) is 2.44. The van der Waals surface area contributed by atoms with Gasteiger partial charge in [0.05, 0.1) is 19.3 Å². The molecule has 126 valence electrons. The van der Waals surface area contributed by atoms with Crippen molar-refractivity contribution in [1.82, 2.24) is 0 Å². The van der Waals surface area contributed by atoms with Crippen LogP contribution in [0, 0.1) is 0 Å². The number of hydrogen-bond acceptors (Lipinski definition) is 4. The fourth-order valence-electron chi connectivity index (χ4n) is 2.44. The summed E-state index contributed by atoms with van der Waals surface area (Å²) in [5.41, 5.74) is 2.19. The minimum absolute atomic E-state index is 0.176. The Morgan fingerprint density at radius 3 is 2.74 bits per heavy atom. The lowest BCUT2D eigenvalue weighted by atomic mass is 10.0. The third-order valence-corrected chi connectivity index (χ3v) is 4.06. The number of carbonyl (C=O) groups excluding carboxylic acids is 1. The summed E-state index contributed by atoms with van der Waals surface area (Å²) in [4.78, 5) is 10.8. The van der Waals surface area contributed by atoms with Gasteiger partial charge in [-0.2, -0.15) is 0 Å². The maximum Gasteiger partial charge on any atom is 0.302 e. The van der Waals surface area contributed by atoms with E-state index in [9.17, 15) is 4.79 Å². The van der Waals surface area contributed by atoms with Crippen molar-refractivity contribution < 1.29 is 19.0 Å². The van der Waals surface area contributed by atoms with Gasteiger partial charge in [-0.15, -0.1) is 0 Å². The third kappa shape index (κ3) is 6.16. The van der Waals surface area contributed by atoms with Crippen LogP contribution in [0.25, 0.3) is 0 Å². The normalized spacial score (nSPS) is 23.6. The van der Waals surface area contributed by atoms with Crippen LogP contribution in [0.5, 0.6) is 0 Å². The summed E-state index contributed by atoms with van der Waals surface area (Å²) in [5.74, 6) is -0.257. The van der Waals surface area contributed by atoms with Crippen molar-refractivity contribution in [3.63, 3.8) is 0 Å². The summed E-state index contributed by atoms with van der Waals surface area (Å²) in [6.07, 6.45) is 4.21. The zero-order valence-electron chi connectivity index (χ0n) is 14.2. The predicted molar refractivity (Wildman–Crippen MR) is 89.0 cm³/mol. The molecule has 0 unspecified atom stereocenters. The van der Waals surface area contributed by atoms with E-state index >= 15 is 0 Å². The average molecular weight is 318 g/mol. The van der Waals surface area contributed by atoms with Gasteiger partial charge in [-0.05, 0) is 32.3 Å². The standard InChI is InChI=1S/C19H26O4/c1-15(11-12-21-13-17-7-5-4-6-8-17)9-10-18-19(3,23-18)14-22-16(2)20/h4-8,11,18H,9-10,12-14H2,1-3H3/b15-11+/t18-,19-/m0/s1. The van der Waals surface area contributed by atoms with Gasteiger partial charge in [-0.3, -0.25) is 4.79 Å². The number of carbonyl (C=O) groups is 1. The molecule has 1 aromatic carbocycles. The molecule has 1 heterocycles. The van der Waals surface area contributed by atoms with E-state index in [1.807, 2.05) is 25.1 Å². The lowest BCUT2D eigenvalue weighted by molar-refractivity contribution is -0.142. The molecule has 0 N–H and O–H groups in total. The van der Waals surface area contributed by atoms with E-state index in [0.717, 1.165) is 12.8 Å². The molecule has 0 aromatic heterocycles. The van der Waals surface area contributed by atoms with E-state index in [1.165, 1.54) is 18.1 Å². The van der Waals surface area contributed by atoms with Crippen LogP contribution in [0.2, 0.25) is 0 Å². The van der Waals surface area contributed by atoms with Gasteiger partial charge < -0.3 is 14.2 Å². The molecular formula is C19H26O4. The molecule has 1 saturated heterocycles. The number of benzene rings is 1. The third-order valence-electron chi connectivity index (χ3n) is 4.06. The molecular weight excluding hydrogens is 292 g/mol. The highest BCUT2D eigenvalue weighted by molar-refractivity contribution is 5.66. The SMILES string of the molecule is CC(=O)OC[C@]1(C)O[C@H]1CC/C(C)=C/COCc1ccccc1. The molecule has 0 spiro atoms.